The van der Waals surface area contributed by atoms with Gasteiger partial charge in [-0.05, 0) is 23.6 Å². The molecular weight excluding hydrogens is 285 g/mol. The number of rotatable bonds is 7. The van der Waals surface area contributed by atoms with Crippen LogP contribution in [0.1, 0.15) is 12.5 Å². The number of ether oxygens (including phenoxy) is 1. The van der Waals surface area contributed by atoms with Crippen molar-refractivity contribution >= 4 is 11.6 Å². The first-order chi connectivity index (χ1) is 9.82. The number of methoxy groups -OCH3 is 1. The normalized spacial score (nSPS) is 13.0. The van der Waals surface area contributed by atoms with Gasteiger partial charge in [-0.3, -0.25) is 4.79 Å². The third-order valence-electron chi connectivity index (χ3n) is 2.72. The van der Waals surface area contributed by atoms with E-state index in [1.54, 1.807) is 19.2 Å². The summed E-state index contributed by atoms with van der Waals surface area (Å²) < 4.78 is 41.5. The minimum absolute atomic E-state index is 0.126. The molecule has 0 saturated carbocycles. The number of anilines is 1. The summed E-state index contributed by atoms with van der Waals surface area (Å²) >= 11 is 0. The Morgan fingerprint density at radius 1 is 1.38 bits per heavy atom. The van der Waals surface area contributed by atoms with Gasteiger partial charge in [0.1, 0.15) is 0 Å². The molecular formula is C14H19F3N2O2. The van der Waals surface area contributed by atoms with Crippen molar-refractivity contribution in [2.45, 2.75) is 19.6 Å². The number of hydrogen-bond acceptors (Lipinski definition) is 3. The van der Waals surface area contributed by atoms with Crippen LogP contribution in [0.3, 0.4) is 0 Å². The zero-order valence-corrected chi connectivity index (χ0v) is 12.0. The van der Waals surface area contributed by atoms with E-state index < -0.39 is 12.1 Å². The summed E-state index contributed by atoms with van der Waals surface area (Å²) in [5.74, 6) is -1.63. The van der Waals surface area contributed by atoms with Crippen LogP contribution in [0.4, 0.5) is 18.9 Å². The van der Waals surface area contributed by atoms with Gasteiger partial charge in [0.25, 0.3) is 0 Å². The Morgan fingerprint density at radius 3 is 2.71 bits per heavy atom. The monoisotopic (exact) mass is 304 g/mol. The van der Waals surface area contributed by atoms with E-state index in [1.165, 1.54) is 12.1 Å². The van der Waals surface area contributed by atoms with Gasteiger partial charge in [0.15, 0.2) is 0 Å². The minimum Gasteiger partial charge on any atom is -0.384 e. The molecule has 1 amide bonds. The highest BCUT2D eigenvalue weighted by molar-refractivity contribution is 5.94. The Bertz CT molecular complexity index is 464. The largest absolute Gasteiger partial charge is 0.471 e. The zero-order chi connectivity index (χ0) is 15.9. The smallest absolute Gasteiger partial charge is 0.384 e. The average Bonchev–Trinajstić information content (AvgIpc) is 2.38. The van der Waals surface area contributed by atoms with Gasteiger partial charge in [-0.25, -0.2) is 0 Å². The second kappa shape index (κ2) is 7.99. The first-order valence-corrected chi connectivity index (χ1v) is 6.49. The molecule has 118 valence electrons. The molecule has 0 bridgehead atoms. The summed E-state index contributed by atoms with van der Waals surface area (Å²) in [6, 6.07) is 6.30. The molecule has 1 rings (SSSR count). The van der Waals surface area contributed by atoms with Crippen LogP contribution in [0.25, 0.3) is 0 Å². The molecule has 0 saturated heterocycles. The molecule has 4 nitrogen and oxygen atoms in total. The lowest BCUT2D eigenvalue weighted by Crippen LogP contribution is -2.30. The summed E-state index contributed by atoms with van der Waals surface area (Å²) in [5, 5.41) is 5.01. The van der Waals surface area contributed by atoms with Crippen molar-refractivity contribution in [1.82, 2.24) is 5.32 Å². The number of halogens is 3. The SMILES string of the molecule is COCC(C)CNCc1cccc(NC(=O)C(F)(F)F)c1. The van der Waals surface area contributed by atoms with Crippen molar-refractivity contribution in [3.05, 3.63) is 29.8 Å². The molecule has 0 aliphatic rings. The minimum atomic E-state index is -4.89. The lowest BCUT2D eigenvalue weighted by atomic mass is 10.1. The Balaban J connectivity index is 2.51. The average molecular weight is 304 g/mol. The summed E-state index contributed by atoms with van der Waals surface area (Å²) in [7, 11) is 1.63. The number of carbonyl (C=O) groups excluding carboxylic acids is 1. The maximum Gasteiger partial charge on any atom is 0.471 e. The summed E-state index contributed by atoms with van der Waals surface area (Å²) in [4.78, 5) is 10.9. The van der Waals surface area contributed by atoms with Gasteiger partial charge in [0.2, 0.25) is 0 Å². The molecule has 21 heavy (non-hydrogen) atoms. The van der Waals surface area contributed by atoms with E-state index in [1.807, 2.05) is 12.2 Å². The van der Waals surface area contributed by atoms with E-state index in [0.717, 1.165) is 12.1 Å². The predicted octanol–water partition coefficient (Wildman–Crippen LogP) is 2.56. The highest BCUT2D eigenvalue weighted by Gasteiger charge is 2.38. The van der Waals surface area contributed by atoms with Gasteiger partial charge < -0.3 is 15.4 Å². The molecule has 0 aromatic heterocycles. The molecule has 2 N–H and O–H groups in total. The van der Waals surface area contributed by atoms with E-state index in [0.29, 0.717) is 19.1 Å². The predicted molar refractivity (Wildman–Crippen MR) is 73.9 cm³/mol. The van der Waals surface area contributed by atoms with Crippen molar-refractivity contribution in [2.75, 3.05) is 25.6 Å². The number of benzene rings is 1. The van der Waals surface area contributed by atoms with Crippen LogP contribution < -0.4 is 10.6 Å². The van der Waals surface area contributed by atoms with Gasteiger partial charge >= 0.3 is 12.1 Å². The van der Waals surface area contributed by atoms with Crippen molar-refractivity contribution < 1.29 is 22.7 Å². The summed E-state index contributed by atoms with van der Waals surface area (Å²) in [6.07, 6.45) is -4.89. The molecule has 0 radical (unpaired) electrons. The molecule has 1 aromatic carbocycles. The van der Waals surface area contributed by atoms with Crippen LogP contribution >= 0.6 is 0 Å². The lowest BCUT2D eigenvalue weighted by Gasteiger charge is -2.12. The number of carbonyl (C=O) groups is 1. The van der Waals surface area contributed by atoms with Gasteiger partial charge in [0, 0.05) is 32.5 Å². The lowest BCUT2D eigenvalue weighted by molar-refractivity contribution is -0.167. The first-order valence-electron chi connectivity index (χ1n) is 6.49. The fraction of sp³-hybridized carbons (Fsp3) is 0.500. The standard InChI is InChI=1S/C14H19F3N2O2/c1-10(9-21-2)7-18-8-11-4-3-5-12(6-11)19-13(20)14(15,16)17/h3-6,10,18H,7-9H2,1-2H3,(H,19,20). The first kappa shape index (κ1) is 17.5. The third kappa shape index (κ3) is 6.59. The highest BCUT2D eigenvalue weighted by atomic mass is 19.4. The fourth-order valence-corrected chi connectivity index (χ4v) is 1.77. The number of hydrogen-bond donors (Lipinski definition) is 2. The Morgan fingerprint density at radius 2 is 2.10 bits per heavy atom. The maximum atomic E-state index is 12.2. The zero-order valence-electron chi connectivity index (χ0n) is 12.0. The van der Waals surface area contributed by atoms with Crippen molar-refractivity contribution in [3.63, 3.8) is 0 Å². The molecule has 0 aliphatic heterocycles. The molecule has 7 heteroatoms. The van der Waals surface area contributed by atoms with Crippen molar-refractivity contribution in [1.29, 1.82) is 0 Å². The van der Waals surface area contributed by atoms with E-state index in [-0.39, 0.29) is 5.69 Å². The number of nitrogens with one attached hydrogen (secondary N) is 2. The summed E-state index contributed by atoms with van der Waals surface area (Å²) in [6.45, 7) is 3.89. The summed E-state index contributed by atoms with van der Waals surface area (Å²) in [5.41, 5.74) is 0.918. The Hall–Kier alpha value is -1.60. The van der Waals surface area contributed by atoms with Crippen LogP contribution in [0.15, 0.2) is 24.3 Å². The second-order valence-electron chi connectivity index (χ2n) is 4.84. The van der Waals surface area contributed by atoms with Crippen molar-refractivity contribution in [3.8, 4) is 0 Å². The fourth-order valence-electron chi connectivity index (χ4n) is 1.77. The van der Waals surface area contributed by atoms with Crippen molar-refractivity contribution in [2.24, 2.45) is 5.92 Å². The maximum absolute atomic E-state index is 12.2. The second-order valence-corrected chi connectivity index (χ2v) is 4.84. The Kier molecular flexibility index (Phi) is 6.64. The Labute approximate surface area is 121 Å². The topological polar surface area (TPSA) is 50.4 Å². The van der Waals surface area contributed by atoms with Crippen LogP contribution in [-0.2, 0) is 16.1 Å². The molecule has 0 heterocycles. The van der Waals surface area contributed by atoms with Crippen LogP contribution in [-0.4, -0.2) is 32.3 Å². The number of amides is 1. The van der Waals surface area contributed by atoms with E-state index >= 15 is 0 Å². The van der Waals surface area contributed by atoms with Gasteiger partial charge in [-0.2, -0.15) is 13.2 Å². The van der Waals surface area contributed by atoms with Crippen LogP contribution in [0.2, 0.25) is 0 Å². The van der Waals surface area contributed by atoms with E-state index in [9.17, 15) is 18.0 Å². The van der Waals surface area contributed by atoms with E-state index in [4.69, 9.17) is 4.74 Å². The van der Waals surface area contributed by atoms with Gasteiger partial charge in [0.05, 0.1) is 0 Å². The molecule has 0 spiro atoms. The van der Waals surface area contributed by atoms with Gasteiger partial charge in [-0.1, -0.05) is 19.1 Å². The number of alkyl halides is 3. The molecule has 1 unspecified atom stereocenters. The van der Waals surface area contributed by atoms with Crippen LogP contribution in [0.5, 0.6) is 0 Å². The van der Waals surface area contributed by atoms with E-state index in [2.05, 4.69) is 5.32 Å². The van der Waals surface area contributed by atoms with Crippen LogP contribution in [0, 0.1) is 5.92 Å². The molecule has 0 aliphatic carbocycles. The van der Waals surface area contributed by atoms with Gasteiger partial charge in [-0.15, -0.1) is 0 Å². The third-order valence-corrected chi connectivity index (χ3v) is 2.72. The molecule has 0 fully saturated rings. The molecule has 1 aromatic rings. The highest BCUT2D eigenvalue weighted by Crippen LogP contribution is 2.18. The molecule has 1 atom stereocenters. The quantitative estimate of drug-likeness (QED) is 0.814.